The number of nitrogens with zero attached hydrogens (tertiary/aromatic N) is 5. The summed E-state index contributed by atoms with van der Waals surface area (Å²) in [6, 6.07) is 13.3. The first-order valence-electron chi connectivity index (χ1n) is 6.96. The van der Waals surface area contributed by atoms with Gasteiger partial charge < -0.3 is 4.90 Å². The van der Waals surface area contributed by atoms with Gasteiger partial charge in [0, 0.05) is 31.4 Å². The highest BCUT2D eigenvalue weighted by Gasteiger charge is 2.10. The third kappa shape index (κ3) is 3.89. The van der Waals surface area contributed by atoms with Gasteiger partial charge >= 0.3 is 0 Å². The Morgan fingerprint density at radius 2 is 1.91 bits per heavy atom. The van der Waals surface area contributed by atoms with Gasteiger partial charge in [-0.3, -0.25) is 10.1 Å². The molecule has 0 N–H and O–H groups in total. The predicted octanol–water partition coefficient (Wildman–Crippen LogP) is 4.34. The van der Waals surface area contributed by atoms with E-state index in [2.05, 4.69) is 22.1 Å². The fourth-order valence-corrected chi connectivity index (χ4v) is 1.88. The zero-order valence-electron chi connectivity index (χ0n) is 12.8. The molecule has 0 fully saturated rings. The summed E-state index contributed by atoms with van der Waals surface area (Å²) in [6.07, 6.45) is 0. The van der Waals surface area contributed by atoms with Crippen molar-refractivity contribution in [3.05, 3.63) is 58.1 Å². The van der Waals surface area contributed by atoms with Gasteiger partial charge in [-0.15, -0.1) is 5.11 Å². The molecule has 0 amide bonds. The second kappa shape index (κ2) is 7.13. The molecule has 2 rings (SSSR count). The van der Waals surface area contributed by atoms with E-state index in [1.54, 1.807) is 0 Å². The topological polar surface area (TPSA) is 94.9 Å². The van der Waals surface area contributed by atoms with Crippen molar-refractivity contribution in [3.8, 4) is 6.07 Å². The van der Waals surface area contributed by atoms with Crippen LogP contribution in [0.5, 0.6) is 0 Å². The van der Waals surface area contributed by atoms with E-state index in [-0.39, 0.29) is 11.3 Å². The average molecular weight is 309 g/mol. The SMILES string of the molecule is CCN(C)c1ccc(/N=N/c2ccc([N+](=O)[O-])cc2C#N)cc1. The van der Waals surface area contributed by atoms with Crippen LogP contribution in [0.4, 0.5) is 22.7 Å². The molecule has 7 nitrogen and oxygen atoms in total. The van der Waals surface area contributed by atoms with E-state index in [9.17, 15) is 10.1 Å². The smallest absolute Gasteiger partial charge is 0.270 e. The maximum absolute atomic E-state index is 10.7. The number of azo groups is 1. The summed E-state index contributed by atoms with van der Waals surface area (Å²) >= 11 is 0. The number of non-ortho nitro benzene ring substituents is 1. The van der Waals surface area contributed by atoms with Gasteiger partial charge in [0.1, 0.15) is 11.8 Å². The average Bonchev–Trinajstić information content (AvgIpc) is 2.59. The van der Waals surface area contributed by atoms with Crippen LogP contribution in [0.3, 0.4) is 0 Å². The van der Waals surface area contributed by atoms with E-state index in [0.29, 0.717) is 11.4 Å². The lowest BCUT2D eigenvalue weighted by atomic mass is 10.2. The van der Waals surface area contributed by atoms with Crippen molar-refractivity contribution in [2.45, 2.75) is 6.92 Å². The van der Waals surface area contributed by atoms with Gasteiger partial charge in [-0.05, 0) is 37.3 Å². The van der Waals surface area contributed by atoms with Gasteiger partial charge in [0.15, 0.2) is 0 Å². The molecule has 116 valence electrons. The van der Waals surface area contributed by atoms with Gasteiger partial charge in [-0.25, -0.2) is 0 Å². The number of nitro benzene ring substituents is 1. The van der Waals surface area contributed by atoms with Crippen LogP contribution in [0.15, 0.2) is 52.7 Å². The Balaban J connectivity index is 2.23. The highest BCUT2D eigenvalue weighted by molar-refractivity contribution is 5.58. The normalized spacial score (nSPS) is 10.5. The third-order valence-electron chi connectivity index (χ3n) is 3.35. The highest BCUT2D eigenvalue weighted by atomic mass is 16.6. The summed E-state index contributed by atoms with van der Waals surface area (Å²) in [5, 5.41) is 27.9. The maximum Gasteiger partial charge on any atom is 0.270 e. The molecule has 0 heterocycles. The van der Waals surface area contributed by atoms with Crippen molar-refractivity contribution in [1.82, 2.24) is 0 Å². The molecule has 2 aromatic rings. The minimum atomic E-state index is -0.551. The van der Waals surface area contributed by atoms with Crippen LogP contribution in [0, 0.1) is 21.4 Å². The summed E-state index contributed by atoms with van der Waals surface area (Å²) in [4.78, 5) is 12.2. The number of hydrogen-bond donors (Lipinski definition) is 0. The van der Waals surface area contributed by atoms with Crippen LogP contribution >= 0.6 is 0 Å². The Morgan fingerprint density at radius 3 is 2.48 bits per heavy atom. The summed E-state index contributed by atoms with van der Waals surface area (Å²) in [5.74, 6) is 0. The zero-order valence-corrected chi connectivity index (χ0v) is 12.8. The standard InChI is InChI=1S/C16H15N5O2/c1-3-20(2)14-6-4-13(5-7-14)18-19-16-9-8-15(21(22)23)10-12(16)11-17/h4-10H,3H2,1-2H3/b19-18+. The molecule has 0 aliphatic carbocycles. The Labute approximate surface area is 133 Å². The maximum atomic E-state index is 10.7. The zero-order chi connectivity index (χ0) is 16.8. The molecule has 0 aromatic heterocycles. The fourth-order valence-electron chi connectivity index (χ4n) is 1.88. The molecule has 0 saturated carbocycles. The minimum absolute atomic E-state index is 0.116. The Hall–Kier alpha value is -3.27. The molecule has 0 bridgehead atoms. The van der Waals surface area contributed by atoms with Crippen molar-refractivity contribution in [1.29, 1.82) is 5.26 Å². The van der Waals surface area contributed by atoms with Crippen molar-refractivity contribution in [3.63, 3.8) is 0 Å². The van der Waals surface area contributed by atoms with E-state index in [1.165, 1.54) is 18.2 Å². The lowest BCUT2D eigenvalue weighted by molar-refractivity contribution is -0.384. The van der Waals surface area contributed by atoms with Gasteiger partial charge in [0.25, 0.3) is 5.69 Å². The number of nitriles is 1. The van der Waals surface area contributed by atoms with Crippen LogP contribution < -0.4 is 4.90 Å². The molecule has 0 atom stereocenters. The summed E-state index contributed by atoms with van der Waals surface area (Å²) in [6.45, 7) is 2.96. The first kappa shape index (κ1) is 16.1. The van der Waals surface area contributed by atoms with Crippen LogP contribution in [0.1, 0.15) is 12.5 Å². The van der Waals surface area contributed by atoms with Gasteiger partial charge in [-0.1, -0.05) is 0 Å². The predicted molar refractivity (Wildman–Crippen MR) is 87.4 cm³/mol. The third-order valence-corrected chi connectivity index (χ3v) is 3.35. The molecule has 0 spiro atoms. The lowest BCUT2D eigenvalue weighted by Crippen LogP contribution is -2.15. The largest absolute Gasteiger partial charge is 0.375 e. The Bertz CT molecular complexity index is 778. The van der Waals surface area contributed by atoms with Crippen molar-refractivity contribution >= 4 is 22.7 Å². The van der Waals surface area contributed by atoms with Crippen molar-refractivity contribution in [2.75, 3.05) is 18.5 Å². The quantitative estimate of drug-likeness (QED) is 0.466. The van der Waals surface area contributed by atoms with Crippen LogP contribution in [-0.2, 0) is 0 Å². The van der Waals surface area contributed by atoms with Crippen LogP contribution in [0.25, 0.3) is 0 Å². The second-order valence-electron chi connectivity index (χ2n) is 4.80. The van der Waals surface area contributed by atoms with Gasteiger partial charge in [-0.2, -0.15) is 10.4 Å². The first-order chi connectivity index (χ1) is 11.0. The molecular weight excluding hydrogens is 294 g/mol. The number of anilines is 1. The summed E-state index contributed by atoms with van der Waals surface area (Å²) in [5.41, 5.74) is 1.98. The molecule has 0 unspecified atom stereocenters. The van der Waals surface area contributed by atoms with E-state index < -0.39 is 4.92 Å². The van der Waals surface area contributed by atoms with E-state index in [4.69, 9.17) is 5.26 Å². The molecule has 0 aliphatic heterocycles. The Kier molecular flexibility index (Phi) is 5.00. The molecule has 7 heteroatoms. The first-order valence-corrected chi connectivity index (χ1v) is 6.96. The molecule has 0 radical (unpaired) electrons. The minimum Gasteiger partial charge on any atom is -0.375 e. The number of hydrogen-bond acceptors (Lipinski definition) is 6. The van der Waals surface area contributed by atoms with E-state index in [1.807, 2.05) is 37.4 Å². The van der Waals surface area contributed by atoms with Gasteiger partial charge in [0.05, 0.1) is 16.2 Å². The van der Waals surface area contributed by atoms with Crippen molar-refractivity contribution < 1.29 is 4.92 Å². The lowest BCUT2D eigenvalue weighted by Gasteiger charge is -2.16. The second-order valence-corrected chi connectivity index (χ2v) is 4.80. The van der Waals surface area contributed by atoms with Crippen molar-refractivity contribution in [2.24, 2.45) is 10.2 Å². The number of rotatable bonds is 5. The summed E-state index contributed by atoms with van der Waals surface area (Å²) < 4.78 is 0. The van der Waals surface area contributed by atoms with E-state index >= 15 is 0 Å². The number of nitro groups is 1. The van der Waals surface area contributed by atoms with Gasteiger partial charge in [0.2, 0.25) is 0 Å². The molecule has 0 saturated heterocycles. The Morgan fingerprint density at radius 1 is 1.22 bits per heavy atom. The number of benzene rings is 2. The van der Waals surface area contributed by atoms with E-state index in [0.717, 1.165) is 12.2 Å². The highest BCUT2D eigenvalue weighted by Crippen LogP contribution is 2.26. The fraction of sp³-hybridized carbons (Fsp3) is 0.188. The summed E-state index contributed by atoms with van der Waals surface area (Å²) in [7, 11) is 1.99. The van der Waals surface area contributed by atoms with Crippen LogP contribution in [-0.4, -0.2) is 18.5 Å². The molecule has 2 aromatic carbocycles. The monoisotopic (exact) mass is 309 g/mol. The molecular formula is C16H15N5O2. The molecule has 23 heavy (non-hydrogen) atoms. The van der Waals surface area contributed by atoms with Crippen LogP contribution in [0.2, 0.25) is 0 Å². The molecule has 0 aliphatic rings.